The molecule has 5 nitrogen and oxygen atoms in total. The molecular formula is C7H14N4OS. The molecule has 0 aromatic carbocycles. The molecule has 0 saturated carbocycles. The van der Waals surface area contributed by atoms with Crippen LogP contribution in [0.1, 0.15) is 13.3 Å². The van der Waals surface area contributed by atoms with E-state index >= 15 is 0 Å². The van der Waals surface area contributed by atoms with Gasteiger partial charge in [0.05, 0.1) is 0 Å². The van der Waals surface area contributed by atoms with Crippen LogP contribution in [0, 0.1) is 0 Å². The lowest BCUT2D eigenvalue weighted by atomic mass is 10.3. The number of hydrogen-bond donors (Lipinski definition) is 2. The van der Waals surface area contributed by atoms with Gasteiger partial charge in [0.1, 0.15) is 0 Å². The Kier molecular flexibility index (Phi) is 3.88. The maximum absolute atomic E-state index is 5.25. The minimum atomic E-state index is 0.0976. The number of anilines is 2. The van der Waals surface area contributed by atoms with E-state index in [0.717, 1.165) is 13.0 Å². The van der Waals surface area contributed by atoms with Gasteiger partial charge in [-0.1, -0.05) is 17.1 Å². The predicted molar refractivity (Wildman–Crippen MR) is 54.8 cm³/mol. The lowest BCUT2D eigenvalue weighted by molar-refractivity contribution is 0.585. The smallest absolute Gasteiger partial charge is 0.316 e. The van der Waals surface area contributed by atoms with Gasteiger partial charge in [-0.3, -0.25) is 0 Å². The van der Waals surface area contributed by atoms with Crippen LogP contribution in [0.4, 0.5) is 12.0 Å². The molecule has 1 rings (SSSR count). The Balaban J connectivity index is 2.20. The Morgan fingerprint density at radius 3 is 2.92 bits per heavy atom. The van der Waals surface area contributed by atoms with Gasteiger partial charge in [0.15, 0.2) is 0 Å². The lowest BCUT2D eigenvalue weighted by Crippen LogP contribution is -2.07. The summed E-state index contributed by atoms with van der Waals surface area (Å²) in [5.74, 6) is 0. The number of rotatable bonds is 5. The summed E-state index contributed by atoms with van der Waals surface area (Å²) in [6.07, 6.45) is 3.15. The SMILES string of the molecule is CSC(C)CCNc1nnc(N)o1. The predicted octanol–water partition coefficient (Wildman–Crippen LogP) is 1.21. The first kappa shape index (κ1) is 10.2. The summed E-state index contributed by atoms with van der Waals surface area (Å²) in [7, 11) is 0. The van der Waals surface area contributed by atoms with Crippen LogP contribution in [-0.2, 0) is 0 Å². The van der Waals surface area contributed by atoms with Crippen LogP contribution >= 0.6 is 11.8 Å². The quantitative estimate of drug-likeness (QED) is 0.747. The summed E-state index contributed by atoms with van der Waals surface area (Å²) < 4.78 is 4.94. The highest BCUT2D eigenvalue weighted by Crippen LogP contribution is 2.10. The summed E-state index contributed by atoms with van der Waals surface area (Å²) in [6.45, 7) is 3.00. The fraction of sp³-hybridized carbons (Fsp3) is 0.714. The average molecular weight is 202 g/mol. The van der Waals surface area contributed by atoms with Crippen molar-refractivity contribution in [1.82, 2.24) is 10.2 Å². The Hall–Kier alpha value is -0.910. The zero-order valence-corrected chi connectivity index (χ0v) is 8.60. The number of hydrogen-bond acceptors (Lipinski definition) is 6. The molecule has 1 unspecified atom stereocenters. The van der Waals surface area contributed by atoms with E-state index in [1.807, 2.05) is 11.8 Å². The first-order chi connectivity index (χ1) is 6.22. The first-order valence-electron chi connectivity index (χ1n) is 4.08. The summed E-state index contributed by atoms with van der Waals surface area (Å²) >= 11 is 1.83. The summed E-state index contributed by atoms with van der Waals surface area (Å²) in [5, 5.41) is 10.8. The van der Waals surface area contributed by atoms with Crippen LogP contribution in [0.2, 0.25) is 0 Å². The van der Waals surface area contributed by atoms with Crippen molar-refractivity contribution in [3.63, 3.8) is 0 Å². The van der Waals surface area contributed by atoms with Crippen LogP contribution in [-0.4, -0.2) is 28.2 Å². The van der Waals surface area contributed by atoms with Gasteiger partial charge in [0.2, 0.25) is 0 Å². The molecule has 0 aliphatic heterocycles. The van der Waals surface area contributed by atoms with Gasteiger partial charge in [0, 0.05) is 11.8 Å². The molecular weight excluding hydrogens is 188 g/mol. The van der Waals surface area contributed by atoms with Gasteiger partial charge in [-0.25, -0.2) is 0 Å². The van der Waals surface area contributed by atoms with Crippen molar-refractivity contribution in [1.29, 1.82) is 0 Å². The maximum Gasteiger partial charge on any atom is 0.316 e. The molecule has 1 aromatic rings. The highest BCUT2D eigenvalue weighted by atomic mass is 32.2. The standard InChI is InChI=1S/C7H14N4OS/c1-5(13-2)3-4-9-7-11-10-6(8)12-7/h5H,3-4H2,1-2H3,(H2,8,10)(H,9,11). The molecule has 0 saturated heterocycles. The molecule has 0 spiro atoms. The lowest BCUT2D eigenvalue weighted by Gasteiger charge is -2.06. The van der Waals surface area contributed by atoms with Crippen LogP contribution in [0.25, 0.3) is 0 Å². The molecule has 0 aliphatic carbocycles. The normalized spacial score (nSPS) is 12.8. The summed E-state index contributed by atoms with van der Waals surface area (Å²) in [5.41, 5.74) is 5.25. The fourth-order valence-corrected chi connectivity index (χ4v) is 1.16. The van der Waals surface area contributed by atoms with Crippen molar-refractivity contribution in [2.75, 3.05) is 23.9 Å². The maximum atomic E-state index is 5.25. The highest BCUT2D eigenvalue weighted by Gasteiger charge is 2.02. The van der Waals surface area contributed by atoms with Crippen molar-refractivity contribution < 1.29 is 4.42 Å². The molecule has 0 bridgehead atoms. The van der Waals surface area contributed by atoms with Crippen LogP contribution in [0.5, 0.6) is 0 Å². The second-order valence-electron chi connectivity index (χ2n) is 2.71. The number of nitrogens with one attached hydrogen (secondary N) is 1. The Labute approximate surface area is 81.5 Å². The van der Waals surface area contributed by atoms with Crippen molar-refractivity contribution in [3.8, 4) is 0 Å². The number of nitrogen functional groups attached to an aromatic ring is 1. The number of nitrogens with two attached hydrogens (primary N) is 1. The molecule has 1 aromatic heterocycles. The highest BCUT2D eigenvalue weighted by molar-refractivity contribution is 7.99. The van der Waals surface area contributed by atoms with E-state index in [1.165, 1.54) is 0 Å². The fourth-order valence-electron chi connectivity index (χ4n) is 0.806. The van der Waals surface area contributed by atoms with Gasteiger partial charge in [-0.05, 0) is 12.7 Å². The van der Waals surface area contributed by atoms with Crippen LogP contribution in [0.15, 0.2) is 4.42 Å². The van der Waals surface area contributed by atoms with Crippen LogP contribution in [0.3, 0.4) is 0 Å². The number of thioether (sulfide) groups is 1. The summed E-state index contributed by atoms with van der Waals surface area (Å²) in [4.78, 5) is 0. The molecule has 0 amide bonds. The van der Waals surface area contributed by atoms with Crippen molar-refractivity contribution in [3.05, 3.63) is 0 Å². The zero-order valence-electron chi connectivity index (χ0n) is 7.78. The first-order valence-corrected chi connectivity index (χ1v) is 5.37. The van der Waals surface area contributed by atoms with Crippen molar-refractivity contribution in [2.24, 2.45) is 0 Å². The number of nitrogens with zero attached hydrogens (tertiary/aromatic N) is 2. The minimum absolute atomic E-state index is 0.0976. The molecule has 1 heterocycles. The van der Waals surface area contributed by atoms with Crippen molar-refractivity contribution >= 4 is 23.8 Å². The third kappa shape index (κ3) is 3.54. The second kappa shape index (κ2) is 4.96. The van der Waals surface area contributed by atoms with Gasteiger partial charge >= 0.3 is 12.0 Å². The van der Waals surface area contributed by atoms with E-state index < -0.39 is 0 Å². The molecule has 6 heteroatoms. The van der Waals surface area contributed by atoms with Gasteiger partial charge in [-0.2, -0.15) is 11.8 Å². The second-order valence-corrected chi connectivity index (χ2v) is 3.98. The topological polar surface area (TPSA) is 77.0 Å². The third-order valence-electron chi connectivity index (χ3n) is 1.67. The molecule has 0 aliphatic rings. The minimum Gasteiger partial charge on any atom is -0.390 e. The monoisotopic (exact) mass is 202 g/mol. The molecule has 0 fully saturated rings. The van der Waals surface area contributed by atoms with Crippen molar-refractivity contribution in [2.45, 2.75) is 18.6 Å². The van der Waals surface area contributed by atoms with E-state index in [1.54, 1.807) is 0 Å². The number of aromatic nitrogens is 2. The molecule has 1 atom stereocenters. The van der Waals surface area contributed by atoms with E-state index in [-0.39, 0.29) is 6.01 Å². The van der Waals surface area contributed by atoms with Crippen LogP contribution < -0.4 is 11.1 Å². The average Bonchev–Trinajstić information content (AvgIpc) is 2.51. The van der Waals surface area contributed by atoms with Gasteiger partial charge < -0.3 is 15.5 Å². The molecule has 3 N–H and O–H groups in total. The molecule has 74 valence electrons. The summed E-state index contributed by atoms with van der Waals surface area (Å²) in [6, 6.07) is 0.492. The van der Waals surface area contributed by atoms with E-state index in [0.29, 0.717) is 11.3 Å². The molecule has 13 heavy (non-hydrogen) atoms. The van der Waals surface area contributed by atoms with Gasteiger partial charge in [0.25, 0.3) is 0 Å². The van der Waals surface area contributed by atoms with E-state index in [9.17, 15) is 0 Å². The van der Waals surface area contributed by atoms with E-state index in [4.69, 9.17) is 10.2 Å². The largest absolute Gasteiger partial charge is 0.390 e. The van der Waals surface area contributed by atoms with Gasteiger partial charge in [-0.15, -0.1) is 0 Å². The molecule has 0 radical (unpaired) electrons. The zero-order chi connectivity index (χ0) is 9.68. The Bertz CT molecular complexity index is 252. The Morgan fingerprint density at radius 2 is 2.38 bits per heavy atom. The Morgan fingerprint density at radius 1 is 1.62 bits per heavy atom. The third-order valence-corrected chi connectivity index (χ3v) is 2.71. The van der Waals surface area contributed by atoms with E-state index in [2.05, 4.69) is 28.7 Å².